The monoisotopic (exact) mass is 337 g/mol. The fourth-order valence-electron chi connectivity index (χ4n) is 3.12. The van der Waals surface area contributed by atoms with Gasteiger partial charge >= 0.3 is 5.97 Å². The zero-order valence-corrected chi connectivity index (χ0v) is 14.5. The number of hydrogen-bond acceptors (Lipinski definition) is 2. The van der Waals surface area contributed by atoms with Crippen LogP contribution in [-0.2, 0) is 4.79 Å². The molecule has 0 aliphatic carbocycles. The van der Waals surface area contributed by atoms with Crippen LogP contribution in [0.2, 0.25) is 5.02 Å². The Bertz CT molecular complexity index is 586. The van der Waals surface area contributed by atoms with Crippen molar-refractivity contribution in [1.82, 2.24) is 4.90 Å². The topological polar surface area (TPSA) is 57.6 Å². The molecule has 1 atom stereocenters. The molecule has 1 aliphatic heterocycles. The third-order valence-corrected chi connectivity index (χ3v) is 4.77. The Morgan fingerprint density at radius 3 is 2.74 bits per heavy atom. The van der Waals surface area contributed by atoms with Crippen LogP contribution in [0.3, 0.4) is 0 Å². The molecule has 4 nitrogen and oxygen atoms in total. The summed E-state index contributed by atoms with van der Waals surface area (Å²) in [6, 6.07) is 5.51. The maximum absolute atomic E-state index is 12.7. The number of nitrogens with zero attached hydrogens (tertiary/aromatic N) is 1. The van der Waals surface area contributed by atoms with Crippen molar-refractivity contribution >= 4 is 23.5 Å². The van der Waals surface area contributed by atoms with Gasteiger partial charge < -0.3 is 10.0 Å². The summed E-state index contributed by atoms with van der Waals surface area (Å²) >= 11 is 6.28. The van der Waals surface area contributed by atoms with Gasteiger partial charge in [-0.15, -0.1) is 0 Å². The van der Waals surface area contributed by atoms with Crippen LogP contribution in [0.15, 0.2) is 18.2 Å². The largest absolute Gasteiger partial charge is 0.481 e. The fourth-order valence-corrected chi connectivity index (χ4v) is 3.52. The van der Waals surface area contributed by atoms with Crippen LogP contribution in [0.5, 0.6) is 0 Å². The standard InChI is InChI=1S/C18H24ClNO3/c1-12(2)15-7-6-14(10-16(15)19)18(23)20-9-3-4-13(11-20)5-8-17(21)22/h6-7,10,12-13H,3-5,8-9,11H2,1-2H3,(H,21,22). The van der Waals surface area contributed by atoms with E-state index in [9.17, 15) is 9.59 Å². The van der Waals surface area contributed by atoms with E-state index < -0.39 is 5.97 Å². The molecule has 1 fully saturated rings. The van der Waals surface area contributed by atoms with E-state index in [0.29, 0.717) is 29.5 Å². The van der Waals surface area contributed by atoms with Crippen LogP contribution >= 0.6 is 11.6 Å². The molecule has 1 amide bonds. The summed E-state index contributed by atoms with van der Waals surface area (Å²) in [6.45, 7) is 5.50. The van der Waals surface area contributed by atoms with Crippen molar-refractivity contribution in [2.75, 3.05) is 13.1 Å². The second-order valence-corrected chi connectivity index (χ2v) is 6.99. The van der Waals surface area contributed by atoms with Crippen molar-refractivity contribution in [2.45, 2.75) is 45.4 Å². The van der Waals surface area contributed by atoms with Crippen molar-refractivity contribution in [2.24, 2.45) is 5.92 Å². The summed E-state index contributed by atoms with van der Waals surface area (Å²) in [7, 11) is 0. The summed E-state index contributed by atoms with van der Waals surface area (Å²) in [5.41, 5.74) is 1.65. The average molecular weight is 338 g/mol. The van der Waals surface area contributed by atoms with Gasteiger partial charge in [0.15, 0.2) is 0 Å². The van der Waals surface area contributed by atoms with Crippen molar-refractivity contribution in [3.63, 3.8) is 0 Å². The molecule has 1 aliphatic rings. The fraction of sp³-hybridized carbons (Fsp3) is 0.556. The summed E-state index contributed by atoms with van der Waals surface area (Å²) in [6.07, 6.45) is 2.71. The second kappa shape index (κ2) is 7.82. The van der Waals surface area contributed by atoms with Crippen LogP contribution in [0.1, 0.15) is 61.4 Å². The van der Waals surface area contributed by atoms with E-state index in [2.05, 4.69) is 13.8 Å². The number of carboxylic acid groups (broad SMARTS) is 1. The average Bonchev–Trinajstić information content (AvgIpc) is 2.52. The maximum atomic E-state index is 12.7. The second-order valence-electron chi connectivity index (χ2n) is 6.58. The summed E-state index contributed by atoms with van der Waals surface area (Å²) < 4.78 is 0. The molecule has 5 heteroatoms. The minimum Gasteiger partial charge on any atom is -0.481 e. The summed E-state index contributed by atoms with van der Waals surface area (Å²) in [5.74, 6) is -0.192. The summed E-state index contributed by atoms with van der Waals surface area (Å²) in [5, 5.41) is 9.43. The first-order valence-electron chi connectivity index (χ1n) is 8.19. The van der Waals surface area contributed by atoms with Crippen LogP contribution < -0.4 is 0 Å². The van der Waals surface area contributed by atoms with Gasteiger partial charge in [-0.2, -0.15) is 0 Å². The molecule has 1 N–H and O–H groups in total. The highest BCUT2D eigenvalue weighted by atomic mass is 35.5. The SMILES string of the molecule is CC(C)c1ccc(C(=O)N2CCCC(CCC(=O)O)C2)cc1Cl. The molecule has 1 aromatic rings. The number of likely N-dealkylation sites (tertiary alicyclic amines) is 1. The molecular weight excluding hydrogens is 314 g/mol. The highest BCUT2D eigenvalue weighted by Gasteiger charge is 2.25. The smallest absolute Gasteiger partial charge is 0.303 e. The van der Waals surface area contributed by atoms with Gasteiger partial charge in [0.25, 0.3) is 5.91 Å². The maximum Gasteiger partial charge on any atom is 0.303 e. The van der Waals surface area contributed by atoms with E-state index >= 15 is 0 Å². The molecule has 0 radical (unpaired) electrons. The number of halogens is 1. The van der Waals surface area contributed by atoms with Crippen molar-refractivity contribution in [1.29, 1.82) is 0 Å². The lowest BCUT2D eigenvalue weighted by atomic mass is 9.93. The van der Waals surface area contributed by atoms with E-state index in [1.54, 1.807) is 6.07 Å². The Morgan fingerprint density at radius 1 is 1.39 bits per heavy atom. The van der Waals surface area contributed by atoms with Gasteiger partial charge in [0.2, 0.25) is 0 Å². The van der Waals surface area contributed by atoms with Gasteiger partial charge in [-0.1, -0.05) is 31.5 Å². The molecule has 1 unspecified atom stereocenters. The first-order chi connectivity index (χ1) is 10.9. The van der Waals surface area contributed by atoms with Gasteiger partial charge in [-0.05, 0) is 48.8 Å². The molecule has 1 aromatic carbocycles. The molecule has 0 aromatic heterocycles. The van der Waals surface area contributed by atoms with Gasteiger partial charge in [0.1, 0.15) is 0 Å². The van der Waals surface area contributed by atoms with Gasteiger partial charge in [-0.25, -0.2) is 0 Å². The molecule has 0 bridgehead atoms. The minimum atomic E-state index is -0.774. The van der Waals surface area contributed by atoms with Gasteiger partial charge in [0, 0.05) is 30.1 Å². The summed E-state index contributed by atoms with van der Waals surface area (Å²) in [4.78, 5) is 25.2. The third kappa shape index (κ3) is 4.71. The molecule has 23 heavy (non-hydrogen) atoms. The lowest BCUT2D eigenvalue weighted by Gasteiger charge is -2.32. The first kappa shape index (κ1) is 17.8. The predicted octanol–water partition coefficient (Wildman–Crippen LogP) is 4.18. The van der Waals surface area contributed by atoms with Crippen LogP contribution in [0.25, 0.3) is 0 Å². The Kier molecular flexibility index (Phi) is 6.05. The normalized spacial score (nSPS) is 18.3. The lowest BCUT2D eigenvalue weighted by molar-refractivity contribution is -0.137. The molecule has 2 rings (SSSR count). The van der Waals surface area contributed by atoms with Crippen LogP contribution in [0, 0.1) is 5.92 Å². The third-order valence-electron chi connectivity index (χ3n) is 4.44. The highest BCUT2D eigenvalue weighted by molar-refractivity contribution is 6.31. The van der Waals surface area contributed by atoms with Crippen molar-refractivity contribution < 1.29 is 14.7 Å². The van der Waals surface area contributed by atoms with E-state index in [4.69, 9.17) is 16.7 Å². The quantitative estimate of drug-likeness (QED) is 0.876. The predicted molar refractivity (Wildman–Crippen MR) is 91.0 cm³/mol. The molecule has 126 valence electrons. The molecular formula is C18H24ClNO3. The molecule has 1 saturated heterocycles. The Morgan fingerprint density at radius 2 is 2.13 bits per heavy atom. The number of carboxylic acids is 1. The van der Waals surface area contributed by atoms with E-state index in [-0.39, 0.29) is 18.2 Å². The van der Waals surface area contributed by atoms with E-state index in [1.807, 2.05) is 17.0 Å². The van der Waals surface area contributed by atoms with Crippen molar-refractivity contribution in [3.8, 4) is 0 Å². The number of benzene rings is 1. The van der Waals surface area contributed by atoms with Gasteiger partial charge in [-0.3, -0.25) is 9.59 Å². The molecule has 0 spiro atoms. The van der Waals surface area contributed by atoms with Gasteiger partial charge in [0.05, 0.1) is 0 Å². The number of piperidine rings is 1. The Labute approximate surface area is 142 Å². The minimum absolute atomic E-state index is 0.0118. The van der Waals surface area contributed by atoms with E-state index in [1.165, 1.54) is 0 Å². The number of amides is 1. The zero-order chi connectivity index (χ0) is 17.0. The van der Waals surface area contributed by atoms with Crippen molar-refractivity contribution in [3.05, 3.63) is 34.3 Å². The number of hydrogen-bond donors (Lipinski definition) is 1. The Balaban J connectivity index is 2.04. The number of carbonyl (C=O) groups is 2. The number of rotatable bonds is 5. The van der Waals surface area contributed by atoms with Crippen LogP contribution in [-0.4, -0.2) is 35.0 Å². The first-order valence-corrected chi connectivity index (χ1v) is 8.56. The number of carbonyl (C=O) groups excluding carboxylic acids is 1. The highest BCUT2D eigenvalue weighted by Crippen LogP contribution is 2.27. The Hall–Kier alpha value is -1.55. The lowest BCUT2D eigenvalue weighted by Crippen LogP contribution is -2.40. The van der Waals surface area contributed by atoms with E-state index in [0.717, 1.165) is 24.9 Å². The zero-order valence-electron chi connectivity index (χ0n) is 13.7. The molecule has 1 heterocycles. The number of aliphatic carboxylic acids is 1. The van der Waals surface area contributed by atoms with Crippen LogP contribution in [0.4, 0.5) is 0 Å². The molecule has 0 saturated carbocycles.